The van der Waals surface area contributed by atoms with Crippen LogP contribution in [0.5, 0.6) is 0 Å². The molecule has 1 heterocycles. The Labute approximate surface area is 299 Å². The SMILES string of the molecule is CCCCC1C(C)=C(C2=CC(CCCC(C)CC)=CCC2)CCC1C1=CC=C(C2=CC=CC(C3=CCNC=C3)C2)CC1NC1C=CC=CC1. The average Bonchev–Trinajstić information content (AvgIpc) is 3.15. The first kappa shape index (κ1) is 35.7. The lowest BCUT2D eigenvalue weighted by Gasteiger charge is -2.42. The van der Waals surface area contributed by atoms with Crippen molar-refractivity contribution in [2.45, 2.75) is 130 Å². The van der Waals surface area contributed by atoms with Crippen LogP contribution in [0.3, 0.4) is 0 Å². The zero-order chi connectivity index (χ0) is 34.0. The van der Waals surface area contributed by atoms with E-state index in [9.17, 15) is 0 Å². The Morgan fingerprint density at radius 2 is 1.84 bits per heavy atom. The lowest BCUT2D eigenvalue weighted by molar-refractivity contribution is 0.323. The third-order valence-corrected chi connectivity index (χ3v) is 12.4. The predicted octanol–water partition coefficient (Wildman–Crippen LogP) is 12.0. The van der Waals surface area contributed by atoms with Crippen molar-refractivity contribution in [2.75, 3.05) is 6.54 Å². The largest absolute Gasteiger partial charge is 0.387 e. The molecular weight excluding hydrogens is 593 g/mol. The zero-order valence-corrected chi connectivity index (χ0v) is 31.2. The highest BCUT2D eigenvalue weighted by Gasteiger charge is 2.37. The molecule has 2 nitrogen and oxygen atoms in total. The molecule has 2 heteroatoms. The van der Waals surface area contributed by atoms with E-state index in [4.69, 9.17) is 0 Å². The van der Waals surface area contributed by atoms with E-state index in [1.165, 1.54) is 87.3 Å². The van der Waals surface area contributed by atoms with Crippen LogP contribution in [0.15, 0.2) is 130 Å². The zero-order valence-electron chi connectivity index (χ0n) is 31.2. The fraction of sp³-hybridized carbons (Fsp3) is 0.532. The molecule has 262 valence electrons. The van der Waals surface area contributed by atoms with Gasteiger partial charge in [-0.25, -0.2) is 0 Å². The van der Waals surface area contributed by atoms with Gasteiger partial charge in [-0.15, -0.1) is 0 Å². The van der Waals surface area contributed by atoms with Gasteiger partial charge in [-0.3, -0.25) is 0 Å². The van der Waals surface area contributed by atoms with E-state index < -0.39 is 0 Å². The van der Waals surface area contributed by atoms with E-state index in [2.05, 4.69) is 124 Å². The van der Waals surface area contributed by atoms with Crippen molar-refractivity contribution in [3.8, 4) is 0 Å². The summed E-state index contributed by atoms with van der Waals surface area (Å²) in [5.74, 6) is 2.56. The summed E-state index contributed by atoms with van der Waals surface area (Å²) in [4.78, 5) is 0. The van der Waals surface area contributed by atoms with E-state index >= 15 is 0 Å². The molecular formula is C47H64N2. The lowest BCUT2D eigenvalue weighted by Crippen LogP contribution is -2.43. The Hall–Kier alpha value is -3.10. The third kappa shape index (κ3) is 9.18. The molecule has 6 aliphatic rings. The molecule has 0 aromatic heterocycles. The molecule has 5 aliphatic carbocycles. The van der Waals surface area contributed by atoms with Crippen molar-refractivity contribution in [1.82, 2.24) is 10.6 Å². The molecule has 0 aromatic carbocycles. The maximum absolute atomic E-state index is 4.19. The first-order chi connectivity index (χ1) is 24.0. The van der Waals surface area contributed by atoms with Gasteiger partial charge in [0.2, 0.25) is 0 Å². The van der Waals surface area contributed by atoms with Gasteiger partial charge < -0.3 is 10.6 Å². The minimum atomic E-state index is 0.377. The average molecular weight is 657 g/mol. The standard InChI is InChI=1S/C47H64N2/c1-5-7-22-44-35(4)43(41-19-12-16-36(31-41)15-11-14-34(3)6-2)25-26-45(44)46-24-23-40(33-47(46)49-42-20-9-8-10-21-42)39-18-13-17-38(32-39)37-27-29-48-30-28-37/h8-10,13,16-18,20,23-24,27-29,31,34,38,42,44-45,47-49H,5-7,11-12,14-15,19,21-22,25-26,30,32-33H2,1-4H3. The fourth-order valence-corrected chi connectivity index (χ4v) is 9.26. The van der Waals surface area contributed by atoms with Crippen molar-refractivity contribution in [2.24, 2.45) is 23.7 Å². The first-order valence-electron chi connectivity index (χ1n) is 20.1. The molecule has 6 rings (SSSR count). The molecule has 2 N–H and O–H groups in total. The van der Waals surface area contributed by atoms with Crippen LogP contribution in [0, 0.1) is 23.7 Å². The van der Waals surface area contributed by atoms with Crippen LogP contribution in [0.2, 0.25) is 0 Å². The molecule has 0 spiro atoms. The van der Waals surface area contributed by atoms with E-state index in [0.717, 1.165) is 31.7 Å². The van der Waals surface area contributed by atoms with Gasteiger partial charge >= 0.3 is 0 Å². The normalized spacial score (nSPS) is 29.0. The monoisotopic (exact) mass is 657 g/mol. The minimum Gasteiger partial charge on any atom is -0.387 e. The molecule has 0 bridgehead atoms. The van der Waals surface area contributed by atoms with Gasteiger partial charge in [0.25, 0.3) is 0 Å². The van der Waals surface area contributed by atoms with Gasteiger partial charge in [-0.05, 0) is 135 Å². The number of nitrogens with one attached hydrogen (secondary N) is 2. The Kier molecular flexibility index (Phi) is 12.9. The summed E-state index contributed by atoms with van der Waals surface area (Å²) < 4.78 is 0. The second kappa shape index (κ2) is 17.7. The summed E-state index contributed by atoms with van der Waals surface area (Å²) >= 11 is 0. The summed E-state index contributed by atoms with van der Waals surface area (Å²) in [6, 6.07) is 0.778. The van der Waals surface area contributed by atoms with Crippen LogP contribution in [-0.2, 0) is 0 Å². The molecule has 0 aromatic rings. The molecule has 0 saturated carbocycles. The van der Waals surface area contributed by atoms with Gasteiger partial charge in [0.05, 0.1) is 0 Å². The summed E-state index contributed by atoms with van der Waals surface area (Å²) in [7, 11) is 0. The fourth-order valence-electron chi connectivity index (χ4n) is 9.26. The molecule has 0 fully saturated rings. The van der Waals surface area contributed by atoms with Crippen LogP contribution in [-0.4, -0.2) is 18.6 Å². The Morgan fingerprint density at radius 1 is 0.939 bits per heavy atom. The Balaban J connectivity index is 1.26. The minimum absolute atomic E-state index is 0.377. The topological polar surface area (TPSA) is 24.1 Å². The van der Waals surface area contributed by atoms with E-state index in [0.29, 0.717) is 29.8 Å². The van der Waals surface area contributed by atoms with Crippen molar-refractivity contribution >= 4 is 0 Å². The summed E-state index contributed by atoms with van der Waals surface area (Å²) in [5.41, 5.74) is 12.8. The lowest BCUT2D eigenvalue weighted by atomic mass is 9.65. The first-order valence-corrected chi connectivity index (χ1v) is 20.1. The summed E-state index contributed by atoms with van der Waals surface area (Å²) in [6.07, 6.45) is 50.6. The number of unbranched alkanes of at least 4 members (excludes halogenated alkanes) is 1. The number of hydrogen-bond acceptors (Lipinski definition) is 2. The van der Waals surface area contributed by atoms with E-state index in [1.807, 2.05) is 0 Å². The highest BCUT2D eigenvalue weighted by atomic mass is 15.0. The van der Waals surface area contributed by atoms with E-state index in [-0.39, 0.29) is 0 Å². The molecule has 6 unspecified atom stereocenters. The number of rotatable bonds is 14. The number of allylic oxidation sites excluding steroid dienone is 16. The molecule has 6 atom stereocenters. The second-order valence-electron chi connectivity index (χ2n) is 15.7. The van der Waals surface area contributed by atoms with Gasteiger partial charge in [-0.1, -0.05) is 131 Å². The summed E-state index contributed by atoms with van der Waals surface area (Å²) in [6.45, 7) is 10.6. The van der Waals surface area contributed by atoms with Crippen LogP contribution < -0.4 is 10.6 Å². The van der Waals surface area contributed by atoms with Gasteiger partial charge in [-0.2, -0.15) is 0 Å². The van der Waals surface area contributed by atoms with Crippen LogP contribution in [0.4, 0.5) is 0 Å². The molecule has 0 radical (unpaired) electrons. The van der Waals surface area contributed by atoms with Crippen LogP contribution in [0.1, 0.15) is 118 Å². The molecule has 49 heavy (non-hydrogen) atoms. The second-order valence-corrected chi connectivity index (χ2v) is 15.7. The highest BCUT2D eigenvalue weighted by molar-refractivity contribution is 5.49. The maximum atomic E-state index is 4.19. The Morgan fingerprint density at radius 3 is 2.63 bits per heavy atom. The third-order valence-electron chi connectivity index (χ3n) is 12.4. The smallest absolute Gasteiger partial charge is 0.0331 e. The molecule has 1 aliphatic heterocycles. The van der Waals surface area contributed by atoms with Gasteiger partial charge in [0.15, 0.2) is 0 Å². The van der Waals surface area contributed by atoms with Crippen molar-refractivity contribution in [3.05, 3.63) is 130 Å². The molecule has 0 amide bonds. The summed E-state index contributed by atoms with van der Waals surface area (Å²) in [5, 5.41) is 7.52. The van der Waals surface area contributed by atoms with E-state index in [1.54, 1.807) is 27.9 Å². The predicted molar refractivity (Wildman–Crippen MR) is 212 cm³/mol. The van der Waals surface area contributed by atoms with Crippen molar-refractivity contribution < 1.29 is 0 Å². The van der Waals surface area contributed by atoms with Gasteiger partial charge in [0, 0.05) is 24.5 Å². The quantitative estimate of drug-likeness (QED) is 0.194. The molecule has 0 saturated heterocycles. The number of hydrogen-bond donors (Lipinski definition) is 2. The van der Waals surface area contributed by atoms with Crippen LogP contribution >= 0.6 is 0 Å². The van der Waals surface area contributed by atoms with Crippen molar-refractivity contribution in [1.29, 1.82) is 0 Å². The maximum Gasteiger partial charge on any atom is 0.0331 e. The number of dihydropyridines is 1. The van der Waals surface area contributed by atoms with Gasteiger partial charge in [0.1, 0.15) is 0 Å². The Bertz CT molecular complexity index is 1510. The van der Waals surface area contributed by atoms with Crippen molar-refractivity contribution in [3.63, 3.8) is 0 Å². The highest BCUT2D eigenvalue weighted by Crippen LogP contribution is 2.47. The van der Waals surface area contributed by atoms with Crippen LogP contribution in [0.25, 0.3) is 0 Å².